The van der Waals surface area contributed by atoms with Gasteiger partial charge < -0.3 is 10.2 Å². The van der Waals surface area contributed by atoms with Crippen LogP contribution in [0.4, 0.5) is 17.6 Å². The van der Waals surface area contributed by atoms with Gasteiger partial charge in [-0.1, -0.05) is 37.3 Å². The summed E-state index contributed by atoms with van der Waals surface area (Å²) in [6, 6.07) is 11.4. The Kier molecular flexibility index (Phi) is 8.10. The Labute approximate surface area is 191 Å². The summed E-state index contributed by atoms with van der Waals surface area (Å²) in [5, 5.41) is 2.85. The summed E-state index contributed by atoms with van der Waals surface area (Å²) in [5.41, 5.74) is 0.528. The molecule has 2 amide bonds. The quantitative estimate of drug-likeness (QED) is 0.591. The topological polar surface area (TPSA) is 49.4 Å². The Hall–Kier alpha value is -2.90. The van der Waals surface area contributed by atoms with E-state index in [1.165, 1.54) is 18.2 Å². The van der Waals surface area contributed by atoms with Crippen molar-refractivity contribution in [3.05, 3.63) is 71.0 Å². The molecule has 33 heavy (non-hydrogen) atoms. The van der Waals surface area contributed by atoms with Crippen molar-refractivity contribution in [2.75, 3.05) is 19.6 Å². The fourth-order valence-corrected chi connectivity index (χ4v) is 4.07. The van der Waals surface area contributed by atoms with E-state index in [0.29, 0.717) is 50.0 Å². The van der Waals surface area contributed by atoms with Crippen LogP contribution in [-0.4, -0.2) is 36.3 Å². The molecule has 0 spiro atoms. The van der Waals surface area contributed by atoms with Crippen LogP contribution in [0.3, 0.4) is 0 Å². The maximum absolute atomic E-state index is 13.7. The van der Waals surface area contributed by atoms with Crippen molar-refractivity contribution in [3.8, 4) is 0 Å². The Morgan fingerprint density at radius 1 is 1.06 bits per heavy atom. The minimum atomic E-state index is -4.38. The number of amides is 2. The second kappa shape index (κ2) is 10.8. The van der Waals surface area contributed by atoms with Crippen LogP contribution in [0.1, 0.15) is 48.8 Å². The van der Waals surface area contributed by atoms with Gasteiger partial charge in [-0.2, -0.15) is 13.2 Å². The highest BCUT2D eigenvalue weighted by molar-refractivity contribution is 5.80. The number of rotatable bonds is 7. The zero-order valence-corrected chi connectivity index (χ0v) is 18.5. The first kappa shape index (κ1) is 24.7. The molecule has 8 heteroatoms. The summed E-state index contributed by atoms with van der Waals surface area (Å²) in [4.78, 5) is 26.8. The van der Waals surface area contributed by atoms with Gasteiger partial charge in [-0.05, 0) is 54.5 Å². The Morgan fingerprint density at radius 2 is 1.70 bits per heavy atom. The highest BCUT2D eigenvalue weighted by atomic mass is 19.4. The van der Waals surface area contributed by atoms with Crippen molar-refractivity contribution in [2.24, 2.45) is 5.92 Å². The lowest BCUT2D eigenvalue weighted by molar-refractivity contribution is -0.137. The van der Waals surface area contributed by atoms with Gasteiger partial charge in [0.25, 0.3) is 0 Å². The molecule has 0 aliphatic carbocycles. The number of likely N-dealkylation sites (tertiary alicyclic amines) is 1. The lowest BCUT2D eigenvalue weighted by Gasteiger charge is -2.32. The Bertz CT molecular complexity index is 952. The molecule has 1 atom stereocenters. The lowest BCUT2D eigenvalue weighted by atomic mass is 9.93. The summed E-state index contributed by atoms with van der Waals surface area (Å²) >= 11 is 0. The summed E-state index contributed by atoms with van der Waals surface area (Å²) < 4.78 is 51.8. The summed E-state index contributed by atoms with van der Waals surface area (Å²) in [7, 11) is 0. The number of carbonyl (C=O) groups is 2. The summed E-state index contributed by atoms with van der Waals surface area (Å²) in [6.07, 6.45) is -2.67. The molecule has 178 valence electrons. The number of hydrogen-bond acceptors (Lipinski definition) is 2. The third kappa shape index (κ3) is 6.79. The predicted octanol–water partition coefficient (Wildman–Crippen LogP) is 4.94. The molecular formula is C25H28F4N2O2. The Balaban J connectivity index is 1.41. The molecule has 1 aliphatic rings. The number of alkyl halides is 3. The van der Waals surface area contributed by atoms with Gasteiger partial charge in [0.15, 0.2) is 0 Å². The highest BCUT2D eigenvalue weighted by Gasteiger charge is 2.31. The molecule has 0 radical (unpaired) electrons. The maximum Gasteiger partial charge on any atom is 0.416 e. The predicted molar refractivity (Wildman–Crippen MR) is 117 cm³/mol. The number of hydrogen-bond donors (Lipinski definition) is 1. The number of benzene rings is 2. The lowest BCUT2D eigenvalue weighted by Crippen LogP contribution is -2.43. The van der Waals surface area contributed by atoms with Gasteiger partial charge in [0, 0.05) is 32.0 Å². The van der Waals surface area contributed by atoms with Crippen LogP contribution in [0.15, 0.2) is 48.5 Å². The maximum atomic E-state index is 13.7. The molecule has 0 saturated carbocycles. The first-order valence-corrected chi connectivity index (χ1v) is 11.1. The van der Waals surface area contributed by atoms with Gasteiger partial charge in [0.2, 0.25) is 11.8 Å². The van der Waals surface area contributed by atoms with E-state index >= 15 is 0 Å². The van der Waals surface area contributed by atoms with Crippen molar-refractivity contribution >= 4 is 11.8 Å². The fraction of sp³-hybridized carbons (Fsp3) is 0.440. The van der Waals surface area contributed by atoms with Gasteiger partial charge in [0.1, 0.15) is 5.82 Å². The normalized spacial score (nSPS) is 15.8. The van der Waals surface area contributed by atoms with Crippen LogP contribution < -0.4 is 5.32 Å². The van der Waals surface area contributed by atoms with Crippen molar-refractivity contribution in [2.45, 2.75) is 44.7 Å². The Morgan fingerprint density at radius 3 is 2.30 bits per heavy atom. The van der Waals surface area contributed by atoms with E-state index < -0.39 is 11.7 Å². The molecular weight excluding hydrogens is 436 g/mol. The number of piperidine rings is 1. The van der Waals surface area contributed by atoms with Crippen LogP contribution in [-0.2, 0) is 22.2 Å². The largest absolute Gasteiger partial charge is 0.416 e. The molecule has 2 aromatic carbocycles. The molecule has 1 N–H and O–H groups in total. The standard InChI is InChI=1S/C25H28F4N2O2/c1-17(18-6-8-21(9-7-18)25(27,28)29)16-23(32)31-14-11-20(12-15-31)24(33)30-13-10-19-4-2-3-5-22(19)26/h2-9,17,20H,10-16H2,1H3,(H,30,33). The summed E-state index contributed by atoms with van der Waals surface area (Å²) in [5.74, 6) is -0.845. The monoisotopic (exact) mass is 464 g/mol. The van der Waals surface area contributed by atoms with E-state index in [9.17, 15) is 27.2 Å². The second-order valence-electron chi connectivity index (χ2n) is 8.51. The molecule has 1 unspecified atom stereocenters. The van der Waals surface area contributed by atoms with E-state index in [1.807, 2.05) is 6.92 Å². The van der Waals surface area contributed by atoms with E-state index in [0.717, 1.165) is 12.1 Å². The number of halogens is 4. The third-order valence-corrected chi connectivity index (χ3v) is 6.16. The van der Waals surface area contributed by atoms with Crippen LogP contribution in [0.2, 0.25) is 0 Å². The number of carbonyl (C=O) groups excluding carboxylic acids is 2. The second-order valence-corrected chi connectivity index (χ2v) is 8.51. The minimum Gasteiger partial charge on any atom is -0.356 e. The molecule has 1 aliphatic heterocycles. The van der Waals surface area contributed by atoms with Gasteiger partial charge >= 0.3 is 6.18 Å². The number of nitrogens with zero attached hydrogens (tertiary/aromatic N) is 1. The molecule has 0 aromatic heterocycles. The zero-order valence-electron chi connectivity index (χ0n) is 18.5. The number of nitrogens with one attached hydrogen (secondary N) is 1. The minimum absolute atomic E-state index is 0.0687. The van der Waals surface area contributed by atoms with Crippen LogP contribution in [0.25, 0.3) is 0 Å². The SMILES string of the molecule is CC(CC(=O)N1CCC(C(=O)NCCc2ccccc2F)CC1)c1ccc(C(F)(F)F)cc1. The smallest absolute Gasteiger partial charge is 0.356 e. The van der Waals surface area contributed by atoms with Crippen LogP contribution in [0.5, 0.6) is 0 Å². The molecule has 1 fully saturated rings. The van der Waals surface area contributed by atoms with Crippen molar-refractivity contribution in [1.82, 2.24) is 10.2 Å². The molecule has 4 nitrogen and oxygen atoms in total. The van der Waals surface area contributed by atoms with E-state index in [2.05, 4.69) is 5.32 Å². The van der Waals surface area contributed by atoms with Crippen molar-refractivity contribution in [1.29, 1.82) is 0 Å². The molecule has 1 saturated heterocycles. The third-order valence-electron chi connectivity index (χ3n) is 6.16. The van der Waals surface area contributed by atoms with E-state index in [4.69, 9.17) is 0 Å². The molecule has 1 heterocycles. The van der Waals surface area contributed by atoms with Gasteiger partial charge in [-0.15, -0.1) is 0 Å². The van der Waals surface area contributed by atoms with Crippen LogP contribution >= 0.6 is 0 Å². The van der Waals surface area contributed by atoms with Crippen molar-refractivity contribution in [3.63, 3.8) is 0 Å². The van der Waals surface area contributed by atoms with Crippen LogP contribution in [0, 0.1) is 11.7 Å². The highest BCUT2D eigenvalue weighted by Crippen LogP contribution is 2.31. The van der Waals surface area contributed by atoms with Gasteiger partial charge in [0.05, 0.1) is 5.56 Å². The first-order chi connectivity index (χ1) is 15.6. The van der Waals surface area contributed by atoms with E-state index in [-0.39, 0.29) is 35.9 Å². The average Bonchev–Trinajstić information content (AvgIpc) is 2.79. The molecule has 2 aromatic rings. The molecule has 3 rings (SSSR count). The van der Waals surface area contributed by atoms with Crippen molar-refractivity contribution < 1.29 is 27.2 Å². The molecule has 0 bridgehead atoms. The van der Waals surface area contributed by atoms with Gasteiger partial charge in [-0.25, -0.2) is 4.39 Å². The zero-order chi connectivity index (χ0) is 24.0. The van der Waals surface area contributed by atoms with E-state index in [1.54, 1.807) is 23.1 Å². The van der Waals surface area contributed by atoms with Gasteiger partial charge in [-0.3, -0.25) is 9.59 Å². The first-order valence-electron chi connectivity index (χ1n) is 11.1. The summed E-state index contributed by atoms with van der Waals surface area (Å²) in [6.45, 7) is 3.09. The fourth-order valence-electron chi connectivity index (χ4n) is 4.07. The average molecular weight is 465 g/mol.